The maximum Gasteiger partial charge on any atom is 0.296 e. The number of aryl methyl sites for hydroxylation is 1. The van der Waals surface area contributed by atoms with Crippen LogP contribution in [0.5, 0.6) is 0 Å². The molecule has 1 aliphatic heterocycles. The fourth-order valence-electron chi connectivity index (χ4n) is 3.13. The number of benzene rings is 1. The van der Waals surface area contributed by atoms with Crippen molar-refractivity contribution in [2.45, 2.75) is 57.3 Å². The lowest BCUT2D eigenvalue weighted by Gasteiger charge is -2.34. The Kier molecular flexibility index (Phi) is 7.68. The van der Waals surface area contributed by atoms with Crippen LogP contribution in [0.4, 0.5) is 0 Å². The van der Waals surface area contributed by atoms with Crippen LogP contribution in [-0.4, -0.2) is 32.0 Å². The Morgan fingerprint density at radius 3 is 2.14 bits per heavy atom. The molecular formula is C19H26N2O5S2. The third kappa shape index (κ3) is 5.36. The first-order chi connectivity index (χ1) is 13.2. The predicted molar refractivity (Wildman–Crippen MR) is 109 cm³/mol. The van der Waals surface area contributed by atoms with Gasteiger partial charge in [-0.2, -0.15) is 8.42 Å². The van der Waals surface area contributed by atoms with Crippen LogP contribution in [0.2, 0.25) is 0 Å². The first-order valence-electron chi connectivity index (χ1n) is 9.34. The molecule has 1 fully saturated rings. The lowest BCUT2D eigenvalue weighted by Crippen LogP contribution is -2.62. The third-order valence-electron chi connectivity index (χ3n) is 4.97. The maximum atomic E-state index is 12.3. The highest BCUT2D eigenvalue weighted by atomic mass is 32.2. The van der Waals surface area contributed by atoms with Gasteiger partial charge in [-0.25, -0.2) is 0 Å². The summed E-state index contributed by atoms with van der Waals surface area (Å²) in [5.41, 5.74) is -0.112. The van der Waals surface area contributed by atoms with Crippen molar-refractivity contribution in [2.24, 2.45) is 5.41 Å². The minimum absolute atomic E-state index is 0.0472. The molecule has 1 aromatic carbocycles. The van der Waals surface area contributed by atoms with Crippen molar-refractivity contribution in [2.75, 3.05) is 6.61 Å². The van der Waals surface area contributed by atoms with E-state index in [9.17, 15) is 18.0 Å². The normalized spacial score (nSPS) is 16.6. The van der Waals surface area contributed by atoms with Gasteiger partial charge in [0.2, 0.25) is 11.8 Å². The van der Waals surface area contributed by atoms with Crippen molar-refractivity contribution >= 4 is 39.3 Å². The third-order valence-corrected chi connectivity index (χ3v) is 6.50. The topological polar surface area (TPSA) is 102 Å². The van der Waals surface area contributed by atoms with E-state index >= 15 is 0 Å². The molecule has 1 aliphatic rings. The van der Waals surface area contributed by atoms with Gasteiger partial charge in [0.25, 0.3) is 10.1 Å². The molecular weight excluding hydrogens is 400 g/mol. The molecule has 2 N–H and O–H groups in total. The molecule has 1 saturated heterocycles. The molecule has 0 radical (unpaired) electrons. The summed E-state index contributed by atoms with van der Waals surface area (Å²) in [6, 6.07) is 6.51. The number of hydrogen-bond donors (Lipinski definition) is 2. The second-order valence-corrected chi connectivity index (χ2v) is 8.95. The van der Waals surface area contributed by atoms with Crippen LogP contribution in [0.3, 0.4) is 0 Å². The van der Waals surface area contributed by atoms with Gasteiger partial charge in [0.1, 0.15) is 5.41 Å². The SMILES string of the molecule is CCC1(CCCCCCOS(=O)(=O)c2ccc(C)cc2)C(=O)NC(=S)NC1=O. The average molecular weight is 427 g/mol. The fraction of sp³-hybridized carbons (Fsp3) is 0.526. The van der Waals surface area contributed by atoms with Crippen LogP contribution in [0, 0.1) is 12.3 Å². The van der Waals surface area contributed by atoms with E-state index < -0.39 is 15.5 Å². The molecule has 0 aromatic heterocycles. The van der Waals surface area contributed by atoms with Crippen LogP contribution >= 0.6 is 12.2 Å². The number of carbonyl (C=O) groups excluding carboxylic acids is 2. The van der Waals surface area contributed by atoms with E-state index in [4.69, 9.17) is 16.4 Å². The molecule has 0 aliphatic carbocycles. The van der Waals surface area contributed by atoms with Crippen molar-refractivity contribution in [1.82, 2.24) is 10.6 Å². The van der Waals surface area contributed by atoms with Gasteiger partial charge in [0, 0.05) is 0 Å². The quantitative estimate of drug-likeness (QED) is 0.258. The number of hydrogen-bond acceptors (Lipinski definition) is 6. The van der Waals surface area contributed by atoms with E-state index in [2.05, 4.69) is 10.6 Å². The van der Waals surface area contributed by atoms with Gasteiger partial charge in [-0.05, 0) is 50.5 Å². The summed E-state index contributed by atoms with van der Waals surface area (Å²) in [7, 11) is -3.74. The first kappa shape index (κ1) is 22.4. The molecule has 9 heteroatoms. The van der Waals surface area contributed by atoms with Gasteiger partial charge in [0.15, 0.2) is 5.11 Å². The molecule has 154 valence electrons. The average Bonchev–Trinajstić information content (AvgIpc) is 2.63. The van der Waals surface area contributed by atoms with Gasteiger partial charge < -0.3 is 10.6 Å². The van der Waals surface area contributed by atoms with Crippen molar-refractivity contribution in [3.05, 3.63) is 29.8 Å². The Hall–Kier alpha value is -1.84. The van der Waals surface area contributed by atoms with Gasteiger partial charge in [-0.1, -0.05) is 43.9 Å². The summed E-state index contributed by atoms with van der Waals surface area (Å²) in [6.45, 7) is 3.79. The molecule has 0 spiro atoms. The summed E-state index contributed by atoms with van der Waals surface area (Å²) in [5.74, 6) is -0.701. The van der Waals surface area contributed by atoms with Crippen LogP contribution in [0.25, 0.3) is 0 Å². The molecule has 0 saturated carbocycles. The Balaban J connectivity index is 1.73. The molecule has 1 aromatic rings. The number of thiocarbonyl (C=S) groups is 1. The maximum absolute atomic E-state index is 12.3. The summed E-state index contributed by atoms with van der Waals surface area (Å²) in [5, 5.41) is 5.09. The number of carbonyl (C=O) groups is 2. The van der Waals surface area contributed by atoms with Crippen molar-refractivity contribution in [1.29, 1.82) is 0 Å². The fourth-order valence-corrected chi connectivity index (χ4v) is 4.26. The van der Waals surface area contributed by atoms with Gasteiger partial charge in [0.05, 0.1) is 11.5 Å². The van der Waals surface area contributed by atoms with E-state index in [0.717, 1.165) is 18.4 Å². The van der Waals surface area contributed by atoms with Crippen LogP contribution in [-0.2, 0) is 23.9 Å². The van der Waals surface area contributed by atoms with Crippen molar-refractivity contribution in [3.63, 3.8) is 0 Å². The van der Waals surface area contributed by atoms with Crippen molar-refractivity contribution in [3.8, 4) is 0 Å². The lowest BCUT2D eigenvalue weighted by molar-refractivity contribution is -0.144. The minimum atomic E-state index is -3.74. The monoisotopic (exact) mass is 426 g/mol. The number of amides is 2. The second-order valence-electron chi connectivity index (χ2n) is 6.93. The molecule has 0 bridgehead atoms. The van der Waals surface area contributed by atoms with Crippen LogP contribution in [0.1, 0.15) is 51.0 Å². The van der Waals surface area contributed by atoms with E-state index in [1.807, 2.05) is 6.92 Å². The first-order valence-corrected chi connectivity index (χ1v) is 11.2. The molecule has 0 atom stereocenters. The summed E-state index contributed by atoms with van der Waals surface area (Å²) in [4.78, 5) is 24.7. The Morgan fingerprint density at radius 2 is 1.57 bits per heavy atom. The highest BCUT2D eigenvalue weighted by Crippen LogP contribution is 2.31. The number of nitrogens with one attached hydrogen (secondary N) is 2. The zero-order chi connectivity index (χ0) is 20.8. The van der Waals surface area contributed by atoms with Gasteiger partial charge >= 0.3 is 0 Å². The standard InChI is InChI=1S/C19H26N2O5S2/c1-3-19(16(22)20-18(27)21-17(19)23)12-6-4-5-7-13-26-28(24,25)15-10-8-14(2)9-11-15/h8-11H,3-7,12-13H2,1-2H3,(H2,20,21,22,23,27). The van der Waals surface area contributed by atoms with Gasteiger partial charge in [-0.3, -0.25) is 13.8 Å². The van der Waals surface area contributed by atoms with E-state index in [1.165, 1.54) is 12.1 Å². The largest absolute Gasteiger partial charge is 0.302 e. The molecule has 2 rings (SSSR count). The zero-order valence-corrected chi connectivity index (χ0v) is 17.7. The molecule has 7 nitrogen and oxygen atoms in total. The van der Waals surface area contributed by atoms with Crippen molar-refractivity contribution < 1.29 is 22.2 Å². The van der Waals surface area contributed by atoms with E-state index in [0.29, 0.717) is 25.7 Å². The molecule has 0 unspecified atom stereocenters. The van der Waals surface area contributed by atoms with E-state index in [-0.39, 0.29) is 28.4 Å². The zero-order valence-electron chi connectivity index (χ0n) is 16.1. The lowest BCUT2D eigenvalue weighted by atomic mass is 9.77. The summed E-state index contributed by atoms with van der Waals surface area (Å²) >= 11 is 4.84. The van der Waals surface area contributed by atoms with Crippen LogP contribution < -0.4 is 10.6 Å². The molecule has 28 heavy (non-hydrogen) atoms. The van der Waals surface area contributed by atoms with Gasteiger partial charge in [-0.15, -0.1) is 0 Å². The smallest absolute Gasteiger partial charge is 0.296 e. The Morgan fingerprint density at radius 1 is 1.00 bits per heavy atom. The molecule has 1 heterocycles. The predicted octanol–water partition coefficient (Wildman–Crippen LogP) is 2.58. The number of unbranched alkanes of at least 4 members (excludes halogenated alkanes) is 3. The Labute approximate surface area is 171 Å². The minimum Gasteiger partial charge on any atom is -0.302 e. The van der Waals surface area contributed by atoms with E-state index in [1.54, 1.807) is 19.1 Å². The Bertz CT molecular complexity index is 814. The number of rotatable bonds is 10. The summed E-state index contributed by atoms with van der Waals surface area (Å²) in [6.07, 6.45) is 3.57. The van der Waals surface area contributed by atoms with Crippen LogP contribution in [0.15, 0.2) is 29.2 Å². The summed E-state index contributed by atoms with van der Waals surface area (Å²) < 4.78 is 29.3. The highest BCUT2D eigenvalue weighted by molar-refractivity contribution is 7.86. The second kappa shape index (κ2) is 9.58. The molecule has 2 amide bonds. The highest BCUT2D eigenvalue weighted by Gasteiger charge is 2.47.